The summed E-state index contributed by atoms with van der Waals surface area (Å²) in [4.78, 5) is 14.8. The molecule has 0 bridgehead atoms. The molecule has 0 aromatic carbocycles. The van der Waals surface area contributed by atoms with E-state index in [-0.39, 0.29) is 17.3 Å². The van der Waals surface area contributed by atoms with Gasteiger partial charge in [0.15, 0.2) is 5.69 Å². The molecule has 1 aliphatic heterocycles. The van der Waals surface area contributed by atoms with E-state index < -0.39 is 5.97 Å². The first-order chi connectivity index (χ1) is 7.98. The molecular formula is C11H16N2O3S. The van der Waals surface area contributed by atoms with Crippen LogP contribution in [-0.2, 0) is 4.74 Å². The van der Waals surface area contributed by atoms with Crippen molar-refractivity contribution in [2.24, 2.45) is 0 Å². The molecule has 1 aromatic heterocycles. The largest absolute Gasteiger partial charge is 0.476 e. The zero-order chi connectivity index (χ0) is 12.5. The van der Waals surface area contributed by atoms with Crippen LogP contribution in [0.1, 0.15) is 37.2 Å². The number of aromatic nitrogens is 1. The number of carboxylic acid groups (broad SMARTS) is 1. The van der Waals surface area contributed by atoms with Gasteiger partial charge in [-0.3, -0.25) is 0 Å². The predicted octanol–water partition coefficient (Wildman–Crippen LogP) is 2.21. The van der Waals surface area contributed by atoms with Gasteiger partial charge in [0, 0.05) is 12.6 Å². The Kier molecular flexibility index (Phi) is 3.35. The van der Waals surface area contributed by atoms with E-state index in [1.165, 1.54) is 11.3 Å². The molecule has 2 heterocycles. The summed E-state index contributed by atoms with van der Waals surface area (Å²) in [5.41, 5.74) is 1.51. The Bertz CT molecular complexity index is 417. The van der Waals surface area contributed by atoms with E-state index >= 15 is 0 Å². The van der Waals surface area contributed by atoms with Crippen LogP contribution in [0.5, 0.6) is 0 Å². The van der Waals surface area contributed by atoms with Crippen LogP contribution in [0, 0.1) is 0 Å². The fourth-order valence-corrected chi connectivity index (χ4v) is 2.79. The number of hydrogen-bond acceptors (Lipinski definition) is 5. The lowest BCUT2D eigenvalue weighted by molar-refractivity contribution is -0.0552. The summed E-state index contributed by atoms with van der Waals surface area (Å²) >= 11 is 1.33. The van der Waals surface area contributed by atoms with E-state index in [9.17, 15) is 4.79 Å². The summed E-state index contributed by atoms with van der Waals surface area (Å²) in [5, 5.41) is 12.9. The van der Waals surface area contributed by atoms with Crippen molar-refractivity contribution in [3.63, 3.8) is 0 Å². The molecule has 94 valence electrons. The Labute approximate surface area is 104 Å². The molecule has 0 radical (unpaired) electrons. The first-order valence-electron chi connectivity index (χ1n) is 5.55. The lowest BCUT2D eigenvalue weighted by Gasteiger charge is -2.36. The number of carbonyl (C=O) groups is 1. The number of nitrogens with one attached hydrogen (secondary N) is 1. The normalized spacial score (nSPS) is 23.3. The van der Waals surface area contributed by atoms with Gasteiger partial charge in [-0.05, 0) is 26.7 Å². The van der Waals surface area contributed by atoms with Crippen molar-refractivity contribution >= 4 is 22.3 Å². The second kappa shape index (κ2) is 4.62. The molecule has 1 atom stereocenters. The molecular weight excluding hydrogens is 240 g/mol. The molecule has 2 N–H and O–H groups in total. The van der Waals surface area contributed by atoms with Gasteiger partial charge in [0.2, 0.25) is 0 Å². The van der Waals surface area contributed by atoms with Crippen LogP contribution < -0.4 is 5.32 Å². The second-order valence-electron chi connectivity index (χ2n) is 4.78. The highest BCUT2D eigenvalue weighted by molar-refractivity contribution is 7.14. The maximum atomic E-state index is 10.9. The van der Waals surface area contributed by atoms with Crippen LogP contribution in [0.3, 0.4) is 0 Å². The molecule has 1 unspecified atom stereocenters. The smallest absolute Gasteiger partial charge is 0.357 e. The molecule has 0 aliphatic carbocycles. The van der Waals surface area contributed by atoms with Crippen LogP contribution in [0.15, 0.2) is 5.51 Å². The molecule has 1 aliphatic rings. The van der Waals surface area contributed by atoms with Crippen molar-refractivity contribution in [1.82, 2.24) is 4.98 Å². The Balaban J connectivity index is 2.05. The average molecular weight is 256 g/mol. The number of carboxylic acids is 1. The van der Waals surface area contributed by atoms with Crippen LogP contribution in [0.2, 0.25) is 0 Å². The Morgan fingerprint density at radius 1 is 1.71 bits per heavy atom. The lowest BCUT2D eigenvalue weighted by Crippen LogP contribution is -2.40. The van der Waals surface area contributed by atoms with E-state index in [2.05, 4.69) is 10.3 Å². The van der Waals surface area contributed by atoms with Crippen molar-refractivity contribution in [2.45, 2.75) is 38.3 Å². The topological polar surface area (TPSA) is 71.5 Å². The molecule has 5 nitrogen and oxygen atoms in total. The standard InChI is InChI=1S/C11H16N2O3S/c1-11(2)5-7(3-4-16-11)13-9-8(10(14)15)12-6-17-9/h6-7,13H,3-5H2,1-2H3,(H,14,15). The third-order valence-corrected chi connectivity index (χ3v) is 3.56. The number of hydrogen-bond donors (Lipinski definition) is 2. The van der Waals surface area contributed by atoms with E-state index in [4.69, 9.17) is 9.84 Å². The molecule has 1 fully saturated rings. The molecule has 17 heavy (non-hydrogen) atoms. The summed E-state index contributed by atoms with van der Waals surface area (Å²) in [7, 11) is 0. The van der Waals surface area contributed by atoms with Crippen LogP contribution in [0.4, 0.5) is 5.00 Å². The number of thiazole rings is 1. The predicted molar refractivity (Wildman–Crippen MR) is 65.7 cm³/mol. The minimum Gasteiger partial charge on any atom is -0.476 e. The van der Waals surface area contributed by atoms with Gasteiger partial charge in [-0.15, -0.1) is 11.3 Å². The monoisotopic (exact) mass is 256 g/mol. The van der Waals surface area contributed by atoms with E-state index in [0.29, 0.717) is 11.6 Å². The van der Waals surface area contributed by atoms with Gasteiger partial charge in [-0.25, -0.2) is 9.78 Å². The third kappa shape index (κ3) is 2.95. The van der Waals surface area contributed by atoms with E-state index in [1.54, 1.807) is 5.51 Å². The van der Waals surface area contributed by atoms with Crippen LogP contribution >= 0.6 is 11.3 Å². The van der Waals surface area contributed by atoms with Gasteiger partial charge < -0.3 is 15.2 Å². The first kappa shape index (κ1) is 12.3. The van der Waals surface area contributed by atoms with Gasteiger partial charge in [0.05, 0.1) is 11.1 Å². The Hall–Kier alpha value is -1.14. The molecule has 2 rings (SSSR count). The summed E-state index contributed by atoms with van der Waals surface area (Å²) in [6.45, 7) is 4.79. The molecule has 0 spiro atoms. The summed E-state index contributed by atoms with van der Waals surface area (Å²) in [6.07, 6.45) is 1.75. The second-order valence-corrected chi connectivity index (χ2v) is 5.63. The average Bonchev–Trinajstić information content (AvgIpc) is 2.64. The number of ether oxygens (including phenoxy) is 1. The molecule has 6 heteroatoms. The lowest BCUT2D eigenvalue weighted by atomic mass is 9.94. The maximum Gasteiger partial charge on any atom is 0.357 e. The van der Waals surface area contributed by atoms with Crippen molar-refractivity contribution in [1.29, 1.82) is 0 Å². The van der Waals surface area contributed by atoms with Gasteiger partial charge in [0.1, 0.15) is 5.00 Å². The van der Waals surface area contributed by atoms with Gasteiger partial charge in [0.25, 0.3) is 0 Å². The molecule has 0 saturated carbocycles. The van der Waals surface area contributed by atoms with Crippen molar-refractivity contribution in [3.8, 4) is 0 Å². The van der Waals surface area contributed by atoms with E-state index in [1.807, 2.05) is 13.8 Å². The van der Waals surface area contributed by atoms with Crippen molar-refractivity contribution in [2.75, 3.05) is 11.9 Å². The Morgan fingerprint density at radius 2 is 2.47 bits per heavy atom. The van der Waals surface area contributed by atoms with Gasteiger partial charge in [-0.1, -0.05) is 0 Å². The first-order valence-corrected chi connectivity index (χ1v) is 6.43. The minimum atomic E-state index is -0.986. The number of anilines is 1. The van der Waals surface area contributed by atoms with Crippen molar-refractivity contribution in [3.05, 3.63) is 11.2 Å². The fourth-order valence-electron chi connectivity index (χ4n) is 2.04. The molecule has 1 saturated heterocycles. The van der Waals surface area contributed by atoms with Crippen LogP contribution in [0.25, 0.3) is 0 Å². The fraction of sp³-hybridized carbons (Fsp3) is 0.636. The number of rotatable bonds is 3. The van der Waals surface area contributed by atoms with Gasteiger partial charge in [-0.2, -0.15) is 0 Å². The number of aromatic carboxylic acids is 1. The Morgan fingerprint density at radius 3 is 3.12 bits per heavy atom. The summed E-state index contributed by atoms with van der Waals surface area (Å²) < 4.78 is 5.62. The molecule has 0 amide bonds. The van der Waals surface area contributed by atoms with Gasteiger partial charge >= 0.3 is 5.97 Å². The minimum absolute atomic E-state index is 0.110. The SMILES string of the molecule is CC1(C)CC(Nc2scnc2C(=O)O)CCO1. The van der Waals surface area contributed by atoms with E-state index in [0.717, 1.165) is 12.8 Å². The summed E-state index contributed by atoms with van der Waals surface area (Å²) in [5.74, 6) is -0.986. The maximum absolute atomic E-state index is 10.9. The third-order valence-electron chi connectivity index (χ3n) is 2.80. The highest BCUT2D eigenvalue weighted by Crippen LogP contribution is 2.29. The highest BCUT2D eigenvalue weighted by atomic mass is 32.1. The summed E-state index contributed by atoms with van der Waals surface area (Å²) in [6, 6.07) is 0.247. The quantitative estimate of drug-likeness (QED) is 0.867. The molecule has 1 aromatic rings. The van der Waals surface area contributed by atoms with Crippen molar-refractivity contribution < 1.29 is 14.6 Å². The van der Waals surface area contributed by atoms with Crippen LogP contribution in [-0.4, -0.2) is 34.3 Å². The number of nitrogens with zero attached hydrogens (tertiary/aromatic N) is 1. The zero-order valence-corrected chi connectivity index (χ0v) is 10.7. The highest BCUT2D eigenvalue weighted by Gasteiger charge is 2.29. The zero-order valence-electron chi connectivity index (χ0n) is 9.90.